The molecule has 2 N–H and O–H groups in total. The first-order valence-electron chi connectivity index (χ1n) is 5.44. The summed E-state index contributed by atoms with van der Waals surface area (Å²) in [6, 6.07) is 1.49. The van der Waals surface area contributed by atoms with E-state index in [4.69, 9.17) is 5.73 Å². The zero-order valence-corrected chi connectivity index (χ0v) is 11.5. The van der Waals surface area contributed by atoms with E-state index in [2.05, 4.69) is 34.8 Å². The molecule has 1 unspecified atom stereocenters. The molecule has 1 atom stereocenters. The SMILES string of the molecule is CC(C)CC(N)Cc1ncc([N+](=O)[O-])cc1Br. The average molecular weight is 302 g/mol. The molecular weight excluding hydrogens is 286 g/mol. The van der Waals surface area contributed by atoms with Crippen molar-refractivity contribution in [1.29, 1.82) is 0 Å². The summed E-state index contributed by atoms with van der Waals surface area (Å²) < 4.78 is 0.644. The van der Waals surface area contributed by atoms with Crippen LogP contribution in [0.1, 0.15) is 26.0 Å². The van der Waals surface area contributed by atoms with Crippen LogP contribution in [0.4, 0.5) is 5.69 Å². The zero-order chi connectivity index (χ0) is 13.0. The molecule has 5 nitrogen and oxygen atoms in total. The fourth-order valence-corrected chi connectivity index (χ4v) is 2.14. The molecule has 1 rings (SSSR count). The molecule has 0 amide bonds. The Morgan fingerprint density at radius 2 is 2.24 bits per heavy atom. The van der Waals surface area contributed by atoms with Gasteiger partial charge in [-0.25, -0.2) is 0 Å². The summed E-state index contributed by atoms with van der Waals surface area (Å²) in [6.07, 6.45) is 2.80. The van der Waals surface area contributed by atoms with Gasteiger partial charge in [0.05, 0.1) is 10.6 Å². The predicted molar refractivity (Wildman–Crippen MR) is 69.7 cm³/mol. The van der Waals surface area contributed by atoms with Gasteiger partial charge in [0.2, 0.25) is 0 Å². The number of nitrogens with zero attached hydrogens (tertiary/aromatic N) is 2. The molecule has 0 saturated heterocycles. The van der Waals surface area contributed by atoms with Crippen LogP contribution in [-0.4, -0.2) is 15.9 Å². The van der Waals surface area contributed by atoms with Crippen molar-refractivity contribution in [3.05, 3.63) is 32.5 Å². The lowest BCUT2D eigenvalue weighted by Gasteiger charge is -2.14. The van der Waals surface area contributed by atoms with Crippen LogP contribution in [0.5, 0.6) is 0 Å². The van der Waals surface area contributed by atoms with Crippen LogP contribution in [0.3, 0.4) is 0 Å². The Labute approximate surface area is 109 Å². The summed E-state index contributed by atoms with van der Waals surface area (Å²) in [6.45, 7) is 4.22. The third kappa shape index (κ3) is 4.40. The topological polar surface area (TPSA) is 82.0 Å². The monoisotopic (exact) mass is 301 g/mol. The number of hydrogen-bond acceptors (Lipinski definition) is 4. The second kappa shape index (κ2) is 6.07. The Bertz CT molecular complexity index is 410. The van der Waals surface area contributed by atoms with E-state index in [1.807, 2.05) is 0 Å². The molecule has 1 heterocycles. The van der Waals surface area contributed by atoms with E-state index in [-0.39, 0.29) is 11.7 Å². The average Bonchev–Trinajstić information content (AvgIpc) is 2.19. The predicted octanol–water partition coefficient (Wildman–Crippen LogP) is 2.67. The number of nitro groups is 1. The standard InChI is InChI=1S/C11H16BrN3O2/c1-7(2)3-8(13)4-11-10(12)5-9(6-14-11)15(16)17/h5-8H,3-4,13H2,1-2H3. The van der Waals surface area contributed by atoms with Crippen molar-refractivity contribution in [2.24, 2.45) is 11.7 Å². The van der Waals surface area contributed by atoms with Gasteiger partial charge < -0.3 is 5.73 Å². The molecule has 0 spiro atoms. The molecule has 17 heavy (non-hydrogen) atoms. The Morgan fingerprint density at radius 3 is 2.71 bits per heavy atom. The number of nitrogens with two attached hydrogens (primary N) is 1. The number of pyridine rings is 1. The minimum Gasteiger partial charge on any atom is -0.327 e. The molecule has 94 valence electrons. The van der Waals surface area contributed by atoms with E-state index < -0.39 is 4.92 Å². The number of halogens is 1. The van der Waals surface area contributed by atoms with Gasteiger partial charge in [-0.2, -0.15) is 0 Å². The van der Waals surface area contributed by atoms with Gasteiger partial charge in [-0.15, -0.1) is 0 Å². The highest BCUT2D eigenvalue weighted by Crippen LogP contribution is 2.22. The second-order valence-corrected chi connectivity index (χ2v) is 5.33. The largest absolute Gasteiger partial charge is 0.327 e. The van der Waals surface area contributed by atoms with Crippen molar-refractivity contribution in [2.45, 2.75) is 32.7 Å². The first kappa shape index (κ1) is 14.1. The lowest BCUT2D eigenvalue weighted by atomic mass is 10.0. The van der Waals surface area contributed by atoms with Crippen LogP contribution in [0.25, 0.3) is 0 Å². The summed E-state index contributed by atoms with van der Waals surface area (Å²) >= 11 is 3.29. The summed E-state index contributed by atoms with van der Waals surface area (Å²) in [5.74, 6) is 0.529. The third-order valence-electron chi connectivity index (χ3n) is 2.34. The van der Waals surface area contributed by atoms with Crippen LogP contribution in [-0.2, 0) is 6.42 Å². The van der Waals surface area contributed by atoms with E-state index in [0.717, 1.165) is 12.1 Å². The van der Waals surface area contributed by atoms with Crippen molar-refractivity contribution in [3.8, 4) is 0 Å². The van der Waals surface area contributed by atoms with Gasteiger partial charge in [-0.1, -0.05) is 13.8 Å². The highest BCUT2D eigenvalue weighted by atomic mass is 79.9. The summed E-state index contributed by atoms with van der Waals surface area (Å²) in [4.78, 5) is 14.2. The molecular formula is C11H16BrN3O2. The van der Waals surface area contributed by atoms with Crippen LogP contribution < -0.4 is 5.73 Å². The number of aromatic nitrogens is 1. The quantitative estimate of drug-likeness (QED) is 0.669. The maximum atomic E-state index is 10.6. The Hall–Kier alpha value is -1.01. The minimum absolute atomic E-state index is 0.0157. The molecule has 0 aliphatic carbocycles. The lowest BCUT2D eigenvalue weighted by Crippen LogP contribution is -2.25. The lowest BCUT2D eigenvalue weighted by molar-refractivity contribution is -0.385. The van der Waals surface area contributed by atoms with Gasteiger partial charge >= 0.3 is 0 Å². The Balaban J connectivity index is 2.75. The van der Waals surface area contributed by atoms with Crippen molar-refractivity contribution in [1.82, 2.24) is 4.98 Å². The fraction of sp³-hybridized carbons (Fsp3) is 0.545. The molecule has 1 aromatic heterocycles. The van der Waals surface area contributed by atoms with E-state index in [9.17, 15) is 10.1 Å². The number of hydrogen-bond donors (Lipinski definition) is 1. The van der Waals surface area contributed by atoms with Gasteiger partial charge in [-0.3, -0.25) is 15.1 Å². The van der Waals surface area contributed by atoms with Crippen LogP contribution >= 0.6 is 15.9 Å². The van der Waals surface area contributed by atoms with Gasteiger partial charge in [0, 0.05) is 23.0 Å². The Morgan fingerprint density at radius 1 is 1.59 bits per heavy atom. The van der Waals surface area contributed by atoms with Crippen LogP contribution in [0.2, 0.25) is 0 Å². The summed E-state index contributed by atoms with van der Waals surface area (Å²) in [5.41, 5.74) is 6.73. The van der Waals surface area contributed by atoms with Crippen LogP contribution in [0.15, 0.2) is 16.7 Å². The number of rotatable bonds is 5. The molecule has 0 aromatic carbocycles. The minimum atomic E-state index is -0.463. The molecule has 0 fully saturated rings. The molecule has 0 saturated carbocycles. The van der Waals surface area contributed by atoms with E-state index in [1.165, 1.54) is 12.3 Å². The maximum absolute atomic E-state index is 10.6. The smallest absolute Gasteiger partial charge is 0.288 e. The van der Waals surface area contributed by atoms with E-state index >= 15 is 0 Å². The van der Waals surface area contributed by atoms with Crippen molar-refractivity contribution >= 4 is 21.6 Å². The molecule has 1 aromatic rings. The molecule has 6 heteroatoms. The highest BCUT2D eigenvalue weighted by molar-refractivity contribution is 9.10. The zero-order valence-electron chi connectivity index (χ0n) is 9.89. The summed E-state index contributed by atoms with van der Waals surface area (Å²) in [5, 5.41) is 10.6. The van der Waals surface area contributed by atoms with Crippen molar-refractivity contribution in [2.75, 3.05) is 0 Å². The van der Waals surface area contributed by atoms with Gasteiger partial charge in [0.15, 0.2) is 0 Å². The highest BCUT2D eigenvalue weighted by Gasteiger charge is 2.13. The molecule has 0 aliphatic rings. The van der Waals surface area contributed by atoms with E-state index in [1.54, 1.807) is 0 Å². The van der Waals surface area contributed by atoms with Crippen molar-refractivity contribution < 1.29 is 4.92 Å². The molecule has 0 aliphatic heterocycles. The second-order valence-electron chi connectivity index (χ2n) is 4.47. The normalized spacial score (nSPS) is 12.8. The van der Waals surface area contributed by atoms with Gasteiger partial charge in [-0.05, 0) is 28.3 Å². The summed E-state index contributed by atoms with van der Waals surface area (Å²) in [7, 11) is 0. The van der Waals surface area contributed by atoms with Crippen LogP contribution in [0, 0.1) is 16.0 Å². The van der Waals surface area contributed by atoms with E-state index in [0.29, 0.717) is 16.8 Å². The third-order valence-corrected chi connectivity index (χ3v) is 3.03. The Kier molecular flexibility index (Phi) is 5.02. The molecule has 0 radical (unpaired) electrons. The molecule has 0 bridgehead atoms. The fourth-order valence-electron chi connectivity index (χ4n) is 1.64. The first-order valence-corrected chi connectivity index (χ1v) is 6.23. The van der Waals surface area contributed by atoms with Gasteiger partial charge in [0.25, 0.3) is 5.69 Å². The van der Waals surface area contributed by atoms with Crippen molar-refractivity contribution in [3.63, 3.8) is 0 Å². The van der Waals surface area contributed by atoms with Gasteiger partial charge in [0.1, 0.15) is 6.20 Å². The maximum Gasteiger partial charge on any atom is 0.288 e. The first-order chi connectivity index (χ1) is 7.90.